The first-order chi connectivity index (χ1) is 10.8. The predicted octanol–water partition coefficient (Wildman–Crippen LogP) is 1.33. The summed E-state index contributed by atoms with van der Waals surface area (Å²) in [5, 5.41) is 7.02. The van der Waals surface area contributed by atoms with Gasteiger partial charge >= 0.3 is 0 Å². The molecule has 1 saturated heterocycles. The molecule has 1 fully saturated rings. The van der Waals surface area contributed by atoms with Crippen molar-refractivity contribution in [2.24, 2.45) is 0 Å². The third-order valence-corrected chi connectivity index (χ3v) is 4.05. The van der Waals surface area contributed by atoms with E-state index in [4.69, 9.17) is 0 Å². The Kier molecular flexibility index (Phi) is 4.48. The highest BCUT2D eigenvalue weighted by Crippen LogP contribution is 2.11. The zero-order valence-corrected chi connectivity index (χ0v) is 12.8. The maximum absolute atomic E-state index is 12.4. The molecule has 2 aromatic heterocycles. The number of hydrogen-bond acceptors (Lipinski definition) is 4. The SMILES string of the molecule is CCc1cc(C(=O)N2CCN(Cc3ccncc3)CC2)n[nH]1. The molecule has 3 heterocycles. The van der Waals surface area contributed by atoms with E-state index in [2.05, 4.69) is 20.1 Å². The van der Waals surface area contributed by atoms with Crippen LogP contribution in [0.5, 0.6) is 0 Å². The molecule has 2 aromatic rings. The molecular weight excluding hydrogens is 278 g/mol. The number of H-pyrrole nitrogens is 1. The summed E-state index contributed by atoms with van der Waals surface area (Å²) < 4.78 is 0. The average molecular weight is 299 g/mol. The first-order valence-corrected chi connectivity index (χ1v) is 7.71. The minimum atomic E-state index is 0.0273. The van der Waals surface area contributed by atoms with Crippen LogP contribution >= 0.6 is 0 Å². The molecule has 1 N–H and O–H groups in total. The summed E-state index contributed by atoms with van der Waals surface area (Å²) in [6.45, 7) is 6.22. The first-order valence-electron chi connectivity index (χ1n) is 7.71. The third-order valence-electron chi connectivity index (χ3n) is 4.05. The van der Waals surface area contributed by atoms with E-state index >= 15 is 0 Å². The highest BCUT2D eigenvalue weighted by molar-refractivity contribution is 5.92. The Hall–Kier alpha value is -2.21. The molecule has 116 valence electrons. The van der Waals surface area contributed by atoms with Crippen molar-refractivity contribution in [1.29, 1.82) is 0 Å². The molecule has 0 radical (unpaired) electrons. The van der Waals surface area contributed by atoms with Crippen LogP contribution in [0.25, 0.3) is 0 Å². The van der Waals surface area contributed by atoms with Gasteiger partial charge < -0.3 is 4.90 Å². The van der Waals surface area contributed by atoms with Crippen molar-refractivity contribution in [2.75, 3.05) is 26.2 Å². The predicted molar refractivity (Wildman–Crippen MR) is 83.4 cm³/mol. The Balaban J connectivity index is 1.54. The van der Waals surface area contributed by atoms with Crippen LogP contribution in [0.2, 0.25) is 0 Å². The zero-order valence-electron chi connectivity index (χ0n) is 12.8. The van der Waals surface area contributed by atoms with Gasteiger partial charge in [-0.05, 0) is 30.2 Å². The average Bonchev–Trinajstić information content (AvgIpc) is 3.05. The van der Waals surface area contributed by atoms with Crippen LogP contribution in [0.3, 0.4) is 0 Å². The molecular formula is C16H21N5O. The monoisotopic (exact) mass is 299 g/mol. The van der Waals surface area contributed by atoms with E-state index in [-0.39, 0.29) is 5.91 Å². The summed E-state index contributed by atoms with van der Waals surface area (Å²) in [6.07, 6.45) is 4.50. The van der Waals surface area contributed by atoms with Gasteiger partial charge in [-0.1, -0.05) is 6.92 Å². The second-order valence-corrected chi connectivity index (χ2v) is 5.56. The van der Waals surface area contributed by atoms with E-state index < -0.39 is 0 Å². The van der Waals surface area contributed by atoms with Gasteiger partial charge in [0.2, 0.25) is 0 Å². The first kappa shape index (κ1) is 14.7. The lowest BCUT2D eigenvalue weighted by atomic mass is 10.2. The van der Waals surface area contributed by atoms with Gasteiger partial charge in [-0.15, -0.1) is 0 Å². The van der Waals surface area contributed by atoms with Crippen LogP contribution in [-0.2, 0) is 13.0 Å². The minimum absolute atomic E-state index is 0.0273. The number of pyridine rings is 1. The number of carbonyl (C=O) groups excluding carboxylic acids is 1. The maximum atomic E-state index is 12.4. The standard InChI is InChI=1S/C16H21N5O/c1-2-14-11-15(19-18-14)16(22)21-9-7-20(8-10-21)12-13-3-5-17-6-4-13/h3-6,11H,2,7-10,12H2,1H3,(H,18,19). The number of aromatic amines is 1. The molecule has 0 spiro atoms. The molecule has 0 bridgehead atoms. The lowest BCUT2D eigenvalue weighted by Crippen LogP contribution is -2.48. The fraction of sp³-hybridized carbons (Fsp3) is 0.438. The Morgan fingerprint density at radius 1 is 1.23 bits per heavy atom. The number of amides is 1. The van der Waals surface area contributed by atoms with Crippen LogP contribution in [0.4, 0.5) is 0 Å². The van der Waals surface area contributed by atoms with Crippen LogP contribution in [-0.4, -0.2) is 57.1 Å². The van der Waals surface area contributed by atoms with Gasteiger partial charge in [-0.3, -0.25) is 19.8 Å². The summed E-state index contributed by atoms with van der Waals surface area (Å²) in [4.78, 5) is 20.7. The van der Waals surface area contributed by atoms with Crippen molar-refractivity contribution >= 4 is 5.91 Å². The summed E-state index contributed by atoms with van der Waals surface area (Å²) in [7, 11) is 0. The lowest BCUT2D eigenvalue weighted by molar-refractivity contribution is 0.0622. The molecule has 6 nitrogen and oxygen atoms in total. The number of carbonyl (C=O) groups is 1. The number of rotatable bonds is 4. The lowest BCUT2D eigenvalue weighted by Gasteiger charge is -2.34. The Bertz CT molecular complexity index is 616. The molecule has 1 aliphatic heterocycles. The molecule has 0 atom stereocenters. The Labute approximate surface area is 130 Å². The highest BCUT2D eigenvalue weighted by Gasteiger charge is 2.23. The fourth-order valence-electron chi connectivity index (χ4n) is 2.67. The molecule has 22 heavy (non-hydrogen) atoms. The minimum Gasteiger partial charge on any atom is -0.335 e. The number of aryl methyl sites for hydroxylation is 1. The summed E-state index contributed by atoms with van der Waals surface area (Å²) >= 11 is 0. The molecule has 0 unspecified atom stereocenters. The van der Waals surface area contributed by atoms with Crippen molar-refractivity contribution in [3.8, 4) is 0 Å². The van der Waals surface area contributed by atoms with E-state index in [1.807, 2.05) is 42.4 Å². The number of piperazine rings is 1. The summed E-state index contributed by atoms with van der Waals surface area (Å²) in [5.41, 5.74) is 2.79. The summed E-state index contributed by atoms with van der Waals surface area (Å²) in [6, 6.07) is 5.92. The highest BCUT2D eigenvalue weighted by atomic mass is 16.2. The maximum Gasteiger partial charge on any atom is 0.274 e. The van der Waals surface area contributed by atoms with Gasteiger partial charge in [0.1, 0.15) is 5.69 Å². The van der Waals surface area contributed by atoms with Crippen LogP contribution in [0.1, 0.15) is 28.7 Å². The van der Waals surface area contributed by atoms with Crippen LogP contribution < -0.4 is 0 Å². The molecule has 0 saturated carbocycles. The second kappa shape index (κ2) is 6.70. The fourth-order valence-corrected chi connectivity index (χ4v) is 2.67. The van der Waals surface area contributed by atoms with Gasteiger partial charge in [-0.2, -0.15) is 5.10 Å². The second-order valence-electron chi connectivity index (χ2n) is 5.56. The van der Waals surface area contributed by atoms with Crippen molar-refractivity contribution in [1.82, 2.24) is 25.0 Å². The van der Waals surface area contributed by atoms with E-state index in [0.717, 1.165) is 44.8 Å². The summed E-state index contributed by atoms with van der Waals surface area (Å²) in [5.74, 6) is 0.0273. The number of aromatic nitrogens is 3. The molecule has 0 aliphatic carbocycles. The van der Waals surface area contributed by atoms with E-state index in [1.54, 1.807) is 0 Å². The van der Waals surface area contributed by atoms with Gasteiger partial charge in [0, 0.05) is 50.8 Å². The largest absolute Gasteiger partial charge is 0.335 e. The van der Waals surface area contributed by atoms with Crippen molar-refractivity contribution < 1.29 is 4.79 Å². The topological polar surface area (TPSA) is 65.1 Å². The van der Waals surface area contributed by atoms with Gasteiger partial charge in [0.25, 0.3) is 5.91 Å². The van der Waals surface area contributed by atoms with Crippen molar-refractivity contribution in [3.05, 3.63) is 47.5 Å². The number of hydrogen-bond donors (Lipinski definition) is 1. The quantitative estimate of drug-likeness (QED) is 0.925. The molecule has 1 aliphatic rings. The van der Waals surface area contributed by atoms with E-state index in [9.17, 15) is 4.79 Å². The molecule has 6 heteroatoms. The normalized spacial score (nSPS) is 16.0. The van der Waals surface area contributed by atoms with Gasteiger partial charge in [0.15, 0.2) is 0 Å². The third kappa shape index (κ3) is 3.33. The molecule has 3 rings (SSSR count). The van der Waals surface area contributed by atoms with E-state index in [1.165, 1.54) is 5.56 Å². The smallest absolute Gasteiger partial charge is 0.274 e. The van der Waals surface area contributed by atoms with Gasteiger partial charge in [-0.25, -0.2) is 0 Å². The molecule has 1 amide bonds. The number of nitrogens with one attached hydrogen (secondary N) is 1. The van der Waals surface area contributed by atoms with E-state index in [0.29, 0.717) is 5.69 Å². The van der Waals surface area contributed by atoms with Crippen molar-refractivity contribution in [2.45, 2.75) is 19.9 Å². The zero-order chi connectivity index (χ0) is 15.4. The Morgan fingerprint density at radius 2 is 1.95 bits per heavy atom. The number of nitrogens with zero attached hydrogens (tertiary/aromatic N) is 4. The molecule has 0 aromatic carbocycles. The van der Waals surface area contributed by atoms with Crippen LogP contribution in [0.15, 0.2) is 30.6 Å². The van der Waals surface area contributed by atoms with Gasteiger partial charge in [0.05, 0.1) is 0 Å². The van der Waals surface area contributed by atoms with Crippen LogP contribution in [0, 0.1) is 0 Å². The Morgan fingerprint density at radius 3 is 2.59 bits per heavy atom. The van der Waals surface area contributed by atoms with Crippen molar-refractivity contribution in [3.63, 3.8) is 0 Å².